The monoisotopic (exact) mass is 353 g/mol. The quantitative estimate of drug-likeness (QED) is 0.822. The molecular formula is C19H15NO4S. The summed E-state index contributed by atoms with van der Waals surface area (Å²) in [7, 11) is 0. The van der Waals surface area contributed by atoms with E-state index in [0.29, 0.717) is 6.42 Å². The molecule has 2 N–H and O–H groups in total. The number of carbonyl (C=O) groups is 3. The van der Waals surface area contributed by atoms with E-state index in [-0.39, 0.29) is 16.4 Å². The number of carboxylic acid groups (broad SMARTS) is 1. The standard InChI is InChI=1S/C19H15NO4S/c1-11-6-7-12(18-14(11)10-17(22)25-18)8-9-16(21)20-15-5-3-2-4-13(15)19(23)24/h2-9H,10H2,1H3,(H,20,21)(H,23,24)/b9-8+. The third kappa shape index (κ3) is 3.64. The van der Waals surface area contributed by atoms with Crippen molar-refractivity contribution in [3.8, 4) is 0 Å². The Labute approximate surface area is 148 Å². The number of amides is 1. The molecule has 3 rings (SSSR count). The maximum absolute atomic E-state index is 12.1. The Balaban J connectivity index is 1.80. The van der Waals surface area contributed by atoms with Gasteiger partial charge in [-0.05, 0) is 41.8 Å². The molecule has 25 heavy (non-hydrogen) atoms. The van der Waals surface area contributed by atoms with E-state index in [2.05, 4.69) is 5.32 Å². The van der Waals surface area contributed by atoms with Crippen LogP contribution < -0.4 is 5.32 Å². The second-order valence-electron chi connectivity index (χ2n) is 5.60. The lowest BCUT2D eigenvalue weighted by molar-refractivity contribution is -0.112. The molecular weight excluding hydrogens is 338 g/mol. The lowest BCUT2D eigenvalue weighted by Gasteiger charge is -2.07. The number of para-hydroxylation sites is 1. The van der Waals surface area contributed by atoms with E-state index < -0.39 is 11.9 Å². The second kappa shape index (κ2) is 6.94. The number of benzene rings is 2. The van der Waals surface area contributed by atoms with Crippen LogP contribution in [0.1, 0.15) is 27.0 Å². The Morgan fingerprint density at radius 1 is 1.20 bits per heavy atom. The average molecular weight is 353 g/mol. The van der Waals surface area contributed by atoms with Crippen LogP contribution in [0, 0.1) is 6.92 Å². The molecule has 0 bridgehead atoms. The molecule has 6 heteroatoms. The van der Waals surface area contributed by atoms with Gasteiger partial charge in [-0.15, -0.1) is 0 Å². The van der Waals surface area contributed by atoms with Crippen LogP contribution in [0.5, 0.6) is 0 Å². The summed E-state index contributed by atoms with van der Waals surface area (Å²) in [5, 5.41) is 11.8. The number of anilines is 1. The molecule has 0 aliphatic carbocycles. The average Bonchev–Trinajstić information content (AvgIpc) is 2.97. The number of aromatic carboxylic acids is 1. The summed E-state index contributed by atoms with van der Waals surface area (Å²) in [6, 6.07) is 10.0. The van der Waals surface area contributed by atoms with Crippen molar-refractivity contribution < 1.29 is 19.5 Å². The minimum atomic E-state index is -1.11. The lowest BCUT2D eigenvalue weighted by atomic mass is 10.0. The van der Waals surface area contributed by atoms with Gasteiger partial charge < -0.3 is 10.4 Å². The van der Waals surface area contributed by atoms with Crippen molar-refractivity contribution in [2.75, 3.05) is 5.32 Å². The van der Waals surface area contributed by atoms with E-state index in [9.17, 15) is 14.4 Å². The summed E-state index contributed by atoms with van der Waals surface area (Å²) in [6.07, 6.45) is 3.39. The van der Waals surface area contributed by atoms with Crippen LogP contribution in [0.4, 0.5) is 5.69 Å². The number of nitrogens with one attached hydrogen (secondary N) is 1. The van der Waals surface area contributed by atoms with E-state index in [1.807, 2.05) is 19.1 Å². The van der Waals surface area contributed by atoms with Gasteiger partial charge in [-0.25, -0.2) is 4.79 Å². The van der Waals surface area contributed by atoms with Gasteiger partial charge in [0.15, 0.2) is 5.12 Å². The Kier molecular flexibility index (Phi) is 4.72. The number of carbonyl (C=O) groups excluding carboxylic acids is 2. The zero-order valence-electron chi connectivity index (χ0n) is 13.4. The number of hydrogen-bond acceptors (Lipinski definition) is 4. The highest BCUT2D eigenvalue weighted by molar-refractivity contribution is 8.14. The fraction of sp³-hybridized carbons (Fsp3) is 0.105. The fourth-order valence-electron chi connectivity index (χ4n) is 2.63. The SMILES string of the molecule is Cc1ccc(/C=C/C(=O)Nc2ccccc2C(=O)O)c2c1CC(=O)S2. The molecule has 5 nitrogen and oxygen atoms in total. The molecule has 1 aliphatic heterocycles. The Morgan fingerprint density at radius 2 is 1.96 bits per heavy atom. The van der Waals surface area contributed by atoms with E-state index in [1.54, 1.807) is 18.2 Å². The van der Waals surface area contributed by atoms with Crippen molar-refractivity contribution in [2.24, 2.45) is 0 Å². The number of rotatable bonds is 4. The van der Waals surface area contributed by atoms with Crippen LogP contribution >= 0.6 is 11.8 Å². The predicted molar refractivity (Wildman–Crippen MR) is 96.8 cm³/mol. The van der Waals surface area contributed by atoms with Crippen LogP contribution in [0.2, 0.25) is 0 Å². The van der Waals surface area contributed by atoms with Gasteiger partial charge in [-0.1, -0.05) is 36.0 Å². The van der Waals surface area contributed by atoms with Gasteiger partial charge in [-0.2, -0.15) is 0 Å². The van der Waals surface area contributed by atoms with E-state index in [4.69, 9.17) is 5.11 Å². The Hall–Kier alpha value is -2.86. The maximum atomic E-state index is 12.1. The molecule has 1 amide bonds. The van der Waals surface area contributed by atoms with Crippen LogP contribution in [0.3, 0.4) is 0 Å². The number of thioether (sulfide) groups is 1. The maximum Gasteiger partial charge on any atom is 0.337 e. The van der Waals surface area contributed by atoms with Gasteiger partial charge in [0.1, 0.15) is 0 Å². The molecule has 126 valence electrons. The topological polar surface area (TPSA) is 83.5 Å². The number of carboxylic acids is 1. The first-order valence-electron chi connectivity index (χ1n) is 7.60. The molecule has 1 heterocycles. The third-order valence-electron chi connectivity index (χ3n) is 3.89. The molecule has 0 aromatic heterocycles. The molecule has 0 spiro atoms. The molecule has 1 aliphatic rings. The molecule has 0 radical (unpaired) electrons. The van der Waals surface area contributed by atoms with Gasteiger partial charge in [-0.3, -0.25) is 9.59 Å². The second-order valence-corrected chi connectivity index (χ2v) is 6.67. The summed E-state index contributed by atoms with van der Waals surface area (Å²) in [5.74, 6) is -1.54. The molecule has 0 saturated carbocycles. The molecule has 0 unspecified atom stereocenters. The smallest absolute Gasteiger partial charge is 0.337 e. The minimum Gasteiger partial charge on any atom is -0.478 e. The van der Waals surface area contributed by atoms with Crippen molar-refractivity contribution in [3.05, 3.63) is 64.7 Å². The molecule has 0 atom stereocenters. The first-order valence-corrected chi connectivity index (χ1v) is 8.42. The summed E-state index contributed by atoms with van der Waals surface area (Å²) in [5.41, 5.74) is 3.14. The van der Waals surface area contributed by atoms with Crippen molar-refractivity contribution in [2.45, 2.75) is 18.2 Å². The highest BCUT2D eigenvalue weighted by Gasteiger charge is 2.23. The summed E-state index contributed by atoms with van der Waals surface area (Å²) in [6.45, 7) is 1.96. The summed E-state index contributed by atoms with van der Waals surface area (Å²) >= 11 is 1.19. The zero-order chi connectivity index (χ0) is 18.0. The van der Waals surface area contributed by atoms with Crippen molar-refractivity contribution in [3.63, 3.8) is 0 Å². The highest BCUT2D eigenvalue weighted by atomic mass is 32.2. The van der Waals surface area contributed by atoms with Gasteiger partial charge in [0, 0.05) is 17.4 Å². The van der Waals surface area contributed by atoms with E-state index >= 15 is 0 Å². The number of aryl methyl sites for hydroxylation is 1. The van der Waals surface area contributed by atoms with Crippen LogP contribution in [0.25, 0.3) is 6.08 Å². The normalized spacial score (nSPS) is 13.1. The van der Waals surface area contributed by atoms with Crippen molar-refractivity contribution >= 4 is 40.5 Å². The first kappa shape index (κ1) is 17.0. The lowest BCUT2D eigenvalue weighted by Crippen LogP contribution is -2.11. The predicted octanol–water partition coefficient (Wildman–Crippen LogP) is 3.52. The molecule has 0 saturated heterocycles. The fourth-order valence-corrected chi connectivity index (χ4v) is 3.68. The van der Waals surface area contributed by atoms with Gasteiger partial charge >= 0.3 is 5.97 Å². The first-order chi connectivity index (χ1) is 12.0. The molecule has 2 aromatic rings. The van der Waals surface area contributed by atoms with Gasteiger partial charge in [0.05, 0.1) is 11.3 Å². The van der Waals surface area contributed by atoms with E-state index in [0.717, 1.165) is 21.6 Å². The Bertz CT molecular complexity index is 918. The van der Waals surface area contributed by atoms with Crippen LogP contribution in [-0.4, -0.2) is 22.1 Å². The van der Waals surface area contributed by atoms with E-state index in [1.165, 1.54) is 30.0 Å². The minimum absolute atomic E-state index is 0.0293. The summed E-state index contributed by atoms with van der Waals surface area (Å²) < 4.78 is 0. The highest BCUT2D eigenvalue weighted by Crippen LogP contribution is 2.38. The number of fused-ring (bicyclic) bond motifs is 1. The largest absolute Gasteiger partial charge is 0.478 e. The Morgan fingerprint density at radius 3 is 2.72 bits per heavy atom. The molecule has 0 fully saturated rings. The third-order valence-corrected chi connectivity index (χ3v) is 4.95. The zero-order valence-corrected chi connectivity index (χ0v) is 14.2. The molecule has 2 aromatic carbocycles. The van der Waals surface area contributed by atoms with Gasteiger partial charge in [0.2, 0.25) is 5.91 Å². The van der Waals surface area contributed by atoms with Crippen molar-refractivity contribution in [1.82, 2.24) is 0 Å². The van der Waals surface area contributed by atoms with Crippen molar-refractivity contribution in [1.29, 1.82) is 0 Å². The van der Waals surface area contributed by atoms with Crippen LogP contribution in [0.15, 0.2) is 47.4 Å². The van der Waals surface area contributed by atoms with Crippen LogP contribution in [-0.2, 0) is 16.0 Å². The number of hydrogen-bond donors (Lipinski definition) is 2. The van der Waals surface area contributed by atoms with Gasteiger partial charge in [0.25, 0.3) is 0 Å². The summed E-state index contributed by atoms with van der Waals surface area (Å²) in [4.78, 5) is 35.9.